The molecule has 8 nitrogen and oxygen atoms in total. The average molecular weight is 397 g/mol. The van der Waals surface area contributed by atoms with Gasteiger partial charge in [-0.2, -0.15) is 0 Å². The first kappa shape index (κ1) is 20.3. The highest BCUT2D eigenvalue weighted by Crippen LogP contribution is 2.23. The third-order valence-corrected chi connectivity index (χ3v) is 5.04. The third kappa shape index (κ3) is 3.65. The van der Waals surface area contributed by atoms with E-state index in [0.717, 1.165) is 5.56 Å². The largest absolute Gasteiger partial charge is 0.465 e. The topological polar surface area (TPSA) is 88.9 Å². The standard InChI is InChI=1S/C21H23N3O5/c1-22(2)19(26)17-14-9-10-24(12-13(14)11-23(3)20(17)27)18(25)15-7-5-6-8-16(15)21(28)29-4/h5-8,11H,9-10,12H2,1-4H3. The van der Waals surface area contributed by atoms with E-state index in [-0.39, 0.29) is 40.6 Å². The summed E-state index contributed by atoms with van der Waals surface area (Å²) >= 11 is 0. The van der Waals surface area contributed by atoms with E-state index in [4.69, 9.17) is 4.74 Å². The smallest absolute Gasteiger partial charge is 0.338 e. The summed E-state index contributed by atoms with van der Waals surface area (Å²) in [5.74, 6) is -1.23. The third-order valence-electron chi connectivity index (χ3n) is 5.04. The molecule has 1 aromatic heterocycles. The lowest BCUT2D eigenvalue weighted by atomic mass is 9.95. The molecule has 1 aliphatic rings. The lowest BCUT2D eigenvalue weighted by Crippen LogP contribution is -2.41. The molecule has 152 valence electrons. The number of carbonyl (C=O) groups is 3. The molecule has 0 atom stereocenters. The molecule has 2 heterocycles. The fraction of sp³-hybridized carbons (Fsp3) is 0.333. The van der Waals surface area contributed by atoms with E-state index in [1.807, 2.05) is 0 Å². The zero-order valence-electron chi connectivity index (χ0n) is 16.9. The summed E-state index contributed by atoms with van der Waals surface area (Å²) in [6.45, 7) is 0.577. The molecule has 2 aromatic rings. The van der Waals surface area contributed by atoms with Gasteiger partial charge in [-0.3, -0.25) is 14.4 Å². The van der Waals surface area contributed by atoms with Crippen LogP contribution in [0.4, 0.5) is 0 Å². The molecule has 0 saturated heterocycles. The average Bonchev–Trinajstić information content (AvgIpc) is 2.72. The molecule has 3 rings (SSSR count). The number of pyridine rings is 1. The Kier molecular flexibility index (Phi) is 5.54. The minimum absolute atomic E-state index is 0.150. The number of ether oxygens (including phenoxy) is 1. The summed E-state index contributed by atoms with van der Waals surface area (Å²) < 4.78 is 6.14. The first-order valence-corrected chi connectivity index (χ1v) is 9.16. The molecule has 2 amide bonds. The van der Waals surface area contributed by atoms with E-state index in [2.05, 4.69) is 0 Å². The van der Waals surface area contributed by atoms with Crippen LogP contribution >= 0.6 is 0 Å². The van der Waals surface area contributed by atoms with Crippen molar-refractivity contribution in [2.24, 2.45) is 7.05 Å². The van der Waals surface area contributed by atoms with Crippen LogP contribution in [-0.2, 0) is 24.8 Å². The summed E-state index contributed by atoms with van der Waals surface area (Å²) in [7, 11) is 6.06. The molecule has 0 bridgehead atoms. The van der Waals surface area contributed by atoms with Crippen molar-refractivity contribution >= 4 is 17.8 Å². The molecule has 0 aliphatic carbocycles. The van der Waals surface area contributed by atoms with E-state index in [0.29, 0.717) is 18.5 Å². The maximum atomic E-state index is 13.1. The van der Waals surface area contributed by atoms with Crippen molar-refractivity contribution in [2.45, 2.75) is 13.0 Å². The van der Waals surface area contributed by atoms with Gasteiger partial charge in [0, 0.05) is 40.4 Å². The predicted octanol–water partition coefficient (Wildman–Crippen LogP) is 1.07. The number of amides is 2. The molecule has 0 saturated carbocycles. The maximum Gasteiger partial charge on any atom is 0.338 e. The van der Waals surface area contributed by atoms with Gasteiger partial charge in [0.1, 0.15) is 5.56 Å². The van der Waals surface area contributed by atoms with E-state index in [1.54, 1.807) is 56.5 Å². The second-order valence-corrected chi connectivity index (χ2v) is 7.14. The molecule has 0 unspecified atom stereocenters. The Balaban J connectivity index is 1.99. The molecular weight excluding hydrogens is 374 g/mol. The summed E-state index contributed by atoms with van der Waals surface area (Å²) in [6, 6.07) is 6.50. The normalized spacial score (nSPS) is 12.9. The minimum atomic E-state index is -0.576. The Labute approximate surface area is 168 Å². The first-order chi connectivity index (χ1) is 13.8. The van der Waals surface area contributed by atoms with Gasteiger partial charge in [0.25, 0.3) is 17.4 Å². The minimum Gasteiger partial charge on any atom is -0.465 e. The number of hydrogen-bond acceptors (Lipinski definition) is 5. The lowest BCUT2D eigenvalue weighted by Gasteiger charge is -2.31. The van der Waals surface area contributed by atoms with E-state index in [9.17, 15) is 19.2 Å². The van der Waals surface area contributed by atoms with Crippen molar-refractivity contribution in [3.05, 3.63) is 68.6 Å². The van der Waals surface area contributed by atoms with Crippen LogP contribution in [0.15, 0.2) is 35.3 Å². The SMILES string of the molecule is COC(=O)c1ccccc1C(=O)N1CCc2c(cn(C)c(=O)c2C(=O)N(C)C)C1. The number of methoxy groups -OCH3 is 1. The van der Waals surface area contributed by atoms with Crippen LogP contribution < -0.4 is 5.56 Å². The van der Waals surface area contributed by atoms with Gasteiger partial charge < -0.3 is 19.1 Å². The second kappa shape index (κ2) is 7.90. The van der Waals surface area contributed by atoms with Crippen molar-refractivity contribution in [1.29, 1.82) is 0 Å². The molecule has 29 heavy (non-hydrogen) atoms. The number of carbonyl (C=O) groups excluding carboxylic acids is 3. The summed E-state index contributed by atoms with van der Waals surface area (Å²) in [6.07, 6.45) is 2.04. The number of aromatic nitrogens is 1. The zero-order valence-corrected chi connectivity index (χ0v) is 16.9. The van der Waals surface area contributed by atoms with Crippen molar-refractivity contribution < 1.29 is 19.1 Å². The summed E-state index contributed by atoms with van der Waals surface area (Å²) in [5, 5.41) is 0. The van der Waals surface area contributed by atoms with Crippen LogP contribution in [0.5, 0.6) is 0 Å². The van der Waals surface area contributed by atoms with Crippen LogP contribution in [0, 0.1) is 0 Å². The number of rotatable bonds is 3. The predicted molar refractivity (Wildman–Crippen MR) is 106 cm³/mol. The number of benzene rings is 1. The van der Waals surface area contributed by atoms with Gasteiger partial charge in [0.05, 0.1) is 18.2 Å². The van der Waals surface area contributed by atoms with Gasteiger partial charge in [0.2, 0.25) is 0 Å². The molecule has 0 spiro atoms. The quantitative estimate of drug-likeness (QED) is 0.723. The van der Waals surface area contributed by atoms with Gasteiger partial charge >= 0.3 is 5.97 Å². The van der Waals surface area contributed by atoms with E-state index < -0.39 is 5.97 Å². The number of nitrogens with zero attached hydrogens (tertiary/aromatic N) is 3. The fourth-order valence-corrected chi connectivity index (χ4v) is 3.53. The van der Waals surface area contributed by atoms with E-state index >= 15 is 0 Å². The molecule has 0 radical (unpaired) electrons. The van der Waals surface area contributed by atoms with Gasteiger partial charge in [-0.05, 0) is 29.7 Å². The van der Waals surface area contributed by atoms with E-state index in [1.165, 1.54) is 16.6 Å². The Morgan fingerprint density at radius 1 is 1.10 bits per heavy atom. The molecule has 8 heteroatoms. The van der Waals surface area contributed by atoms with Crippen molar-refractivity contribution in [3.8, 4) is 0 Å². The monoisotopic (exact) mass is 397 g/mol. The van der Waals surface area contributed by atoms with Gasteiger partial charge in [0.15, 0.2) is 0 Å². The van der Waals surface area contributed by atoms with Crippen LogP contribution in [-0.4, -0.2) is 59.9 Å². The highest BCUT2D eigenvalue weighted by Gasteiger charge is 2.30. The van der Waals surface area contributed by atoms with Crippen molar-refractivity contribution in [1.82, 2.24) is 14.4 Å². The summed E-state index contributed by atoms with van der Waals surface area (Å²) in [5.41, 5.74) is 1.69. The highest BCUT2D eigenvalue weighted by atomic mass is 16.5. The van der Waals surface area contributed by atoms with Gasteiger partial charge in [-0.25, -0.2) is 4.79 Å². The number of aryl methyl sites for hydroxylation is 1. The molecule has 1 aromatic carbocycles. The zero-order chi connectivity index (χ0) is 21.3. The van der Waals surface area contributed by atoms with Crippen molar-refractivity contribution in [2.75, 3.05) is 27.7 Å². The van der Waals surface area contributed by atoms with Crippen LogP contribution in [0.3, 0.4) is 0 Å². The highest BCUT2D eigenvalue weighted by molar-refractivity contribution is 6.05. The van der Waals surface area contributed by atoms with Crippen LogP contribution in [0.25, 0.3) is 0 Å². The Morgan fingerprint density at radius 2 is 1.76 bits per heavy atom. The Morgan fingerprint density at radius 3 is 2.38 bits per heavy atom. The Hall–Kier alpha value is -3.42. The molecular formula is C21H23N3O5. The first-order valence-electron chi connectivity index (χ1n) is 9.16. The van der Waals surface area contributed by atoms with Crippen LogP contribution in [0.2, 0.25) is 0 Å². The number of fused-ring (bicyclic) bond motifs is 1. The lowest BCUT2D eigenvalue weighted by molar-refractivity contribution is 0.0588. The number of hydrogen-bond donors (Lipinski definition) is 0. The molecule has 1 aliphatic heterocycles. The molecule has 0 N–H and O–H groups in total. The Bertz CT molecular complexity index is 1050. The van der Waals surface area contributed by atoms with Gasteiger partial charge in [-0.1, -0.05) is 12.1 Å². The second-order valence-electron chi connectivity index (χ2n) is 7.14. The van der Waals surface area contributed by atoms with Crippen molar-refractivity contribution in [3.63, 3.8) is 0 Å². The summed E-state index contributed by atoms with van der Waals surface area (Å²) in [4.78, 5) is 53.2. The van der Waals surface area contributed by atoms with Crippen LogP contribution in [0.1, 0.15) is 42.2 Å². The maximum absolute atomic E-state index is 13.1. The van der Waals surface area contributed by atoms with Gasteiger partial charge in [-0.15, -0.1) is 0 Å². The molecule has 0 fully saturated rings. The number of esters is 1. The fourth-order valence-electron chi connectivity index (χ4n) is 3.53.